The van der Waals surface area contributed by atoms with Crippen LogP contribution in [0.1, 0.15) is 13.8 Å². The normalized spacial score (nSPS) is 11.0. The molecule has 0 aliphatic heterocycles. The van der Waals surface area contributed by atoms with Crippen LogP contribution in [0.2, 0.25) is 0 Å². The van der Waals surface area contributed by atoms with Crippen molar-refractivity contribution in [1.82, 2.24) is 4.98 Å². The van der Waals surface area contributed by atoms with Crippen LogP contribution in [0.15, 0.2) is 18.3 Å². The summed E-state index contributed by atoms with van der Waals surface area (Å²) in [5, 5.41) is 9.11. The number of anilines is 1. The van der Waals surface area contributed by atoms with E-state index in [-0.39, 0.29) is 0 Å². The van der Waals surface area contributed by atoms with Gasteiger partial charge in [-0.25, -0.2) is 9.78 Å². The van der Waals surface area contributed by atoms with Gasteiger partial charge in [-0.15, -0.1) is 0 Å². The molecule has 88 valence electrons. The Balaban J connectivity index is 3.04. The number of hydrogen-bond acceptors (Lipinski definition) is 4. The molecular weight excluding hydrogens is 208 g/mol. The number of methoxy groups -OCH3 is 1. The zero-order valence-electron chi connectivity index (χ0n) is 9.89. The summed E-state index contributed by atoms with van der Waals surface area (Å²) in [6.45, 7) is 3.28. The molecular formula is C11H16N2O3. The lowest BCUT2D eigenvalue weighted by Crippen LogP contribution is -2.48. The molecule has 0 radical (unpaired) electrons. The maximum absolute atomic E-state index is 11.1. The molecule has 0 spiro atoms. The number of nitrogens with zero attached hydrogens (tertiary/aromatic N) is 2. The lowest BCUT2D eigenvalue weighted by molar-refractivity contribution is -0.142. The lowest BCUT2D eigenvalue weighted by atomic mass is 10.0. The molecule has 0 aliphatic rings. The van der Waals surface area contributed by atoms with Crippen LogP contribution in [0.3, 0.4) is 0 Å². The molecule has 5 nitrogen and oxygen atoms in total. The monoisotopic (exact) mass is 224 g/mol. The largest absolute Gasteiger partial charge is 0.481 e. The van der Waals surface area contributed by atoms with Gasteiger partial charge in [0.25, 0.3) is 0 Å². The fourth-order valence-corrected chi connectivity index (χ4v) is 1.19. The number of ether oxygens (including phenoxy) is 1. The topological polar surface area (TPSA) is 62.7 Å². The highest BCUT2D eigenvalue weighted by Crippen LogP contribution is 2.24. The summed E-state index contributed by atoms with van der Waals surface area (Å²) in [5.41, 5.74) is -0.230. The van der Waals surface area contributed by atoms with Crippen LogP contribution in [-0.4, -0.2) is 35.8 Å². The van der Waals surface area contributed by atoms with Crippen molar-refractivity contribution in [2.24, 2.45) is 0 Å². The molecule has 0 amide bonds. The summed E-state index contributed by atoms with van der Waals surface area (Å²) in [6.07, 6.45) is 1.59. The quantitative estimate of drug-likeness (QED) is 0.837. The van der Waals surface area contributed by atoms with E-state index >= 15 is 0 Å². The Labute approximate surface area is 94.7 Å². The minimum Gasteiger partial charge on any atom is -0.481 e. The Morgan fingerprint density at radius 3 is 2.69 bits per heavy atom. The predicted molar refractivity (Wildman–Crippen MR) is 60.9 cm³/mol. The van der Waals surface area contributed by atoms with Crippen molar-refractivity contribution in [3.8, 4) is 5.88 Å². The van der Waals surface area contributed by atoms with Crippen LogP contribution in [0.4, 0.5) is 5.69 Å². The van der Waals surface area contributed by atoms with Crippen LogP contribution in [0.5, 0.6) is 5.88 Å². The Kier molecular flexibility index (Phi) is 3.37. The zero-order valence-corrected chi connectivity index (χ0v) is 9.89. The van der Waals surface area contributed by atoms with Crippen molar-refractivity contribution in [2.75, 3.05) is 19.1 Å². The van der Waals surface area contributed by atoms with E-state index < -0.39 is 11.5 Å². The number of pyridine rings is 1. The Bertz CT molecular complexity index is 391. The highest BCUT2D eigenvalue weighted by atomic mass is 16.5. The summed E-state index contributed by atoms with van der Waals surface area (Å²) in [7, 11) is 3.25. The number of carboxylic acid groups (broad SMARTS) is 1. The molecule has 0 unspecified atom stereocenters. The molecule has 1 N–H and O–H groups in total. The third-order valence-corrected chi connectivity index (χ3v) is 2.68. The van der Waals surface area contributed by atoms with Gasteiger partial charge in [0, 0.05) is 25.0 Å². The Morgan fingerprint density at radius 1 is 1.56 bits per heavy atom. The van der Waals surface area contributed by atoms with Gasteiger partial charge in [-0.1, -0.05) is 0 Å². The van der Waals surface area contributed by atoms with Gasteiger partial charge in [-0.2, -0.15) is 0 Å². The van der Waals surface area contributed by atoms with Crippen molar-refractivity contribution in [2.45, 2.75) is 19.4 Å². The van der Waals surface area contributed by atoms with E-state index in [1.54, 1.807) is 44.1 Å². The van der Waals surface area contributed by atoms with E-state index in [1.807, 2.05) is 0 Å². The maximum Gasteiger partial charge on any atom is 0.328 e. The molecule has 1 rings (SSSR count). The predicted octanol–water partition coefficient (Wildman–Crippen LogP) is 1.39. The molecule has 5 heteroatoms. The van der Waals surface area contributed by atoms with Gasteiger partial charge >= 0.3 is 5.97 Å². The number of rotatable bonds is 4. The Hall–Kier alpha value is -1.78. The van der Waals surface area contributed by atoms with Crippen LogP contribution in [0.25, 0.3) is 0 Å². The first-order chi connectivity index (χ1) is 7.39. The van der Waals surface area contributed by atoms with Gasteiger partial charge in [0.1, 0.15) is 5.54 Å². The fourth-order valence-electron chi connectivity index (χ4n) is 1.19. The van der Waals surface area contributed by atoms with Crippen LogP contribution >= 0.6 is 0 Å². The molecule has 1 heterocycles. The van der Waals surface area contributed by atoms with Crippen molar-refractivity contribution in [3.05, 3.63) is 18.3 Å². The van der Waals surface area contributed by atoms with Crippen LogP contribution < -0.4 is 9.64 Å². The van der Waals surface area contributed by atoms with E-state index in [4.69, 9.17) is 9.84 Å². The minimum atomic E-state index is -0.980. The fraction of sp³-hybridized carbons (Fsp3) is 0.455. The molecule has 0 atom stereocenters. The number of aromatic nitrogens is 1. The highest BCUT2D eigenvalue weighted by molar-refractivity contribution is 5.82. The molecule has 1 aromatic heterocycles. The second kappa shape index (κ2) is 4.38. The number of carboxylic acids is 1. The van der Waals surface area contributed by atoms with Gasteiger partial charge in [0.2, 0.25) is 5.88 Å². The second-order valence-electron chi connectivity index (χ2n) is 3.98. The van der Waals surface area contributed by atoms with Gasteiger partial charge in [0.05, 0.1) is 7.11 Å². The van der Waals surface area contributed by atoms with E-state index in [2.05, 4.69) is 4.98 Å². The number of likely N-dealkylation sites (N-methyl/N-ethyl adjacent to an activating group) is 1. The summed E-state index contributed by atoms with van der Waals surface area (Å²) < 4.78 is 4.99. The molecule has 16 heavy (non-hydrogen) atoms. The summed E-state index contributed by atoms with van der Waals surface area (Å²) in [6, 6.07) is 3.44. The van der Waals surface area contributed by atoms with Gasteiger partial charge < -0.3 is 14.7 Å². The first-order valence-corrected chi connectivity index (χ1v) is 4.87. The first kappa shape index (κ1) is 12.3. The van der Waals surface area contributed by atoms with Crippen molar-refractivity contribution < 1.29 is 14.6 Å². The summed E-state index contributed by atoms with van der Waals surface area (Å²) in [4.78, 5) is 16.7. The van der Waals surface area contributed by atoms with E-state index in [0.717, 1.165) is 5.69 Å². The smallest absolute Gasteiger partial charge is 0.328 e. The SMILES string of the molecule is COc1cc(N(C)C(C)(C)C(=O)O)ccn1. The number of hydrogen-bond donors (Lipinski definition) is 1. The molecule has 0 bridgehead atoms. The van der Waals surface area contributed by atoms with E-state index in [9.17, 15) is 4.79 Å². The molecule has 0 saturated carbocycles. The van der Waals surface area contributed by atoms with Crippen LogP contribution in [-0.2, 0) is 4.79 Å². The third-order valence-electron chi connectivity index (χ3n) is 2.68. The molecule has 0 aliphatic carbocycles. The minimum absolute atomic E-state index is 0.463. The zero-order chi connectivity index (χ0) is 12.3. The highest BCUT2D eigenvalue weighted by Gasteiger charge is 2.32. The van der Waals surface area contributed by atoms with Gasteiger partial charge in [-0.05, 0) is 19.9 Å². The molecule has 0 aromatic carbocycles. The second-order valence-corrected chi connectivity index (χ2v) is 3.98. The van der Waals surface area contributed by atoms with Crippen molar-refractivity contribution in [1.29, 1.82) is 0 Å². The summed E-state index contributed by atoms with van der Waals surface area (Å²) >= 11 is 0. The molecule has 1 aromatic rings. The average Bonchev–Trinajstić information content (AvgIpc) is 2.27. The van der Waals surface area contributed by atoms with Crippen molar-refractivity contribution in [3.63, 3.8) is 0 Å². The lowest BCUT2D eigenvalue weighted by Gasteiger charge is -2.33. The van der Waals surface area contributed by atoms with Gasteiger partial charge in [-0.3, -0.25) is 0 Å². The van der Waals surface area contributed by atoms with E-state index in [1.165, 1.54) is 7.11 Å². The van der Waals surface area contributed by atoms with Crippen LogP contribution in [0, 0.1) is 0 Å². The maximum atomic E-state index is 11.1. The number of aliphatic carboxylic acids is 1. The third kappa shape index (κ3) is 2.24. The average molecular weight is 224 g/mol. The molecule has 0 fully saturated rings. The van der Waals surface area contributed by atoms with E-state index in [0.29, 0.717) is 5.88 Å². The molecule has 0 saturated heterocycles. The standard InChI is InChI=1S/C11H16N2O3/c1-11(2,10(14)15)13(3)8-5-6-12-9(7-8)16-4/h5-7H,1-4H3,(H,14,15). The summed E-state index contributed by atoms with van der Waals surface area (Å²) in [5.74, 6) is -0.420. The van der Waals surface area contributed by atoms with Crippen molar-refractivity contribution >= 4 is 11.7 Å². The first-order valence-electron chi connectivity index (χ1n) is 4.87. The van der Waals surface area contributed by atoms with Gasteiger partial charge in [0.15, 0.2) is 0 Å². The Morgan fingerprint density at radius 2 is 2.19 bits per heavy atom. The number of carbonyl (C=O) groups is 1.